The molecule has 0 radical (unpaired) electrons. The zero-order chi connectivity index (χ0) is 17.4. The summed E-state index contributed by atoms with van der Waals surface area (Å²) in [5.74, 6) is 1.76. The summed E-state index contributed by atoms with van der Waals surface area (Å²) in [4.78, 5) is 4.72. The van der Waals surface area contributed by atoms with Crippen LogP contribution >= 0.6 is 0 Å². The van der Waals surface area contributed by atoms with E-state index in [9.17, 15) is 0 Å². The lowest BCUT2D eigenvalue weighted by Crippen LogP contribution is -2.40. The van der Waals surface area contributed by atoms with Gasteiger partial charge in [-0.2, -0.15) is 0 Å². The fraction of sp³-hybridized carbons (Fsp3) is 0.632. The Bertz CT molecular complexity index is 554. The number of benzene rings is 1. The first-order chi connectivity index (χ1) is 11.6. The number of nitrogens with zero attached hydrogens (tertiary/aromatic N) is 1. The molecule has 1 aromatic rings. The summed E-state index contributed by atoms with van der Waals surface area (Å²) in [5.41, 5.74) is 2.69. The van der Waals surface area contributed by atoms with Gasteiger partial charge in [0, 0.05) is 32.4 Å². The van der Waals surface area contributed by atoms with E-state index in [2.05, 4.69) is 42.7 Å². The molecule has 1 aliphatic carbocycles. The molecule has 24 heavy (non-hydrogen) atoms. The third kappa shape index (κ3) is 5.41. The molecule has 1 fully saturated rings. The van der Waals surface area contributed by atoms with Crippen molar-refractivity contribution in [3.8, 4) is 5.75 Å². The second-order valence-electron chi connectivity index (χ2n) is 6.61. The predicted octanol–water partition coefficient (Wildman–Crippen LogP) is 2.88. The first-order valence-electron chi connectivity index (χ1n) is 8.77. The zero-order valence-corrected chi connectivity index (χ0v) is 15.4. The van der Waals surface area contributed by atoms with Gasteiger partial charge in [0.1, 0.15) is 5.75 Å². The Morgan fingerprint density at radius 3 is 2.67 bits per heavy atom. The molecule has 1 aromatic carbocycles. The number of aryl methyl sites for hydroxylation is 1. The monoisotopic (exact) mass is 333 g/mol. The fourth-order valence-electron chi connectivity index (χ4n) is 2.77. The van der Waals surface area contributed by atoms with E-state index in [1.807, 2.05) is 0 Å². The van der Waals surface area contributed by atoms with Crippen molar-refractivity contribution in [3.63, 3.8) is 0 Å². The lowest BCUT2D eigenvalue weighted by molar-refractivity contribution is 0.172. The molecule has 0 saturated heterocycles. The van der Waals surface area contributed by atoms with Gasteiger partial charge in [-0.15, -0.1) is 0 Å². The molecule has 0 aromatic heterocycles. The van der Waals surface area contributed by atoms with Crippen molar-refractivity contribution in [1.29, 1.82) is 0 Å². The first-order valence-corrected chi connectivity index (χ1v) is 8.77. The molecule has 0 aliphatic heterocycles. The summed E-state index contributed by atoms with van der Waals surface area (Å²) in [7, 11) is 3.47. The van der Waals surface area contributed by atoms with E-state index in [-0.39, 0.29) is 0 Å². The zero-order valence-electron chi connectivity index (χ0n) is 15.4. The van der Waals surface area contributed by atoms with Gasteiger partial charge < -0.3 is 20.1 Å². The van der Waals surface area contributed by atoms with Gasteiger partial charge in [0.25, 0.3) is 0 Å². The molecular formula is C19H31N3O2. The second-order valence-corrected chi connectivity index (χ2v) is 6.61. The molecule has 1 saturated carbocycles. The van der Waals surface area contributed by atoms with E-state index >= 15 is 0 Å². The van der Waals surface area contributed by atoms with Crippen LogP contribution in [0.3, 0.4) is 0 Å². The lowest BCUT2D eigenvalue weighted by Gasteiger charge is -2.18. The van der Waals surface area contributed by atoms with E-state index in [4.69, 9.17) is 14.5 Å². The number of guanidine groups is 1. The molecule has 2 N–H and O–H groups in total. The molecule has 0 bridgehead atoms. The van der Waals surface area contributed by atoms with Crippen LogP contribution in [0.5, 0.6) is 5.75 Å². The minimum absolute atomic E-state index is 0.397. The molecule has 0 unspecified atom stereocenters. The van der Waals surface area contributed by atoms with E-state index in [1.54, 1.807) is 14.2 Å². The minimum atomic E-state index is 0.397. The van der Waals surface area contributed by atoms with Crippen LogP contribution < -0.4 is 15.4 Å². The van der Waals surface area contributed by atoms with Gasteiger partial charge in [0.15, 0.2) is 5.96 Å². The van der Waals surface area contributed by atoms with Gasteiger partial charge in [-0.1, -0.05) is 12.1 Å². The molecule has 5 heteroatoms. The normalized spacial score (nSPS) is 15.9. The van der Waals surface area contributed by atoms with Crippen LogP contribution in [0, 0.1) is 12.3 Å². The van der Waals surface area contributed by atoms with Crippen molar-refractivity contribution in [3.05, 3.63) is 29.3 Å². The Morgan fingerprint density at radius 1 is 1.25 bits per heavy atom. The Morgan fingerprint density at radius 2 is 2.04 bits per heavy atom. The van der Waals surface area contributed by atoms with Gasteiger partial charge in [-0.3, -0.25) is 0 Å². The number of hydrogen-bond donors (Lipinski definition) is 2. The Labute approximate surface area is 145 Å². The highest BCUT2D eigenvalue weighted by Gasteiger charge is 2.41. The van der Waals surface area contributed by atoms with E-state index in [0.717, 1.165) is 43.4 Å². The third-order valence-electron chi connectivity index (χ3n) is 4.62. The smallest absolute Gasteiger partial charge is 0.191 e. The summed E-state index contributed by atoms with van der Waals surface area (Å²) in [6.45, 7) is 7.38. The summed E-state index contributed by atoms with van der Waals surface area (Å²) in [6.07, 6.45) is 3.66. The molecule has 0 atom stereocenters. The molecule has 1 aliphatic rings. The maximum absolute atomic E-state index is 5.46. The molecule has 5 nitrogen and oxygen atoms in total. The second kappa shape index (κ2) is 8.92. The van der Waals surface area contributed by atoms with Crippen LogP contribution in [0.2, 0.25) is 0 Å². The Kier molecular flexibility index (Phi) is 6.91. The van der Waals surface area contributed by atoms with Gasteiger partial charge in [0.2, 0.25) is 0 Å². The highest BCUT2D eigenvalue weighted by atomic mass is 16.5. The van der Waals surface area contributed by atoms with Gasteiger partial charge in [-0.05, 0) is 50.2 Å². The summed E-state index contributed by atoms with van der Waals surface area (Å²) in [5, 5.41) is 6.82. The van der Waals surface area contributed by atoms with Crippen LogP contribution in [0.25, 0.3) is 0 Å². The molecule has 134 valence electrons. The summed E-state index contributed by atoms with van der Waals surface area (Å²) < 4.78 is 10.7. The van der Waals surface area contributed by atoms with Crippen LogP contribution in [0.15, 0.2) is 23.2 Å². The first kappa shape index (κ1) is 18.6. The quantitative estimate of drug-likeness (QED) is 0.539. The maximum atomic E-state index is 5.46. The lowest BCUT2D eigenvalue weighted by atomic mass is 10.0. The van der Waals surface area contributed by atoms with Crippen molar-refractivity contribution >= 4 is 5.96 Å². The number of hydrogen-bond acceptors (Lipinski definition) is 3. The standard InChI is InChI=1S/C19H31N3O2/c1-5-20-18(22-14-19(8-9-19)10-11-23-3)21-13-16-7-6-15(2)12-17(16)24-4/h6-7,12H,5,8-11,13-14H2,1-4H3,(H2,20,21,22). The highest BCUT2D eigenvalue weighted by molar-refractivity contribution is 5.79. The number of ether oxygens (including phenoxy) is 2. The van der Waals surface area contributed by atoms with Crippen molar-refractivity contribution in [2.75, 3.05) is 33.9 Å². The van der Waals surface area contributed by atoms with Gasteiger partial charge in [-0.25, -0.2) is 4.99 Å². The number of nitrogens with one attached hydrogen (secondary N) is 2. The van der Waals surface area contributed by atoms with Crippen LogP contribution in [-0.4, -0.2) is 39.9 Å². The van der Waals surface area contributed by atoms with E-state index in [1.165, 1.54) is 18.4 Å². The topological polar surface area (TPSA) is 54.9 Å². The van der Waals surface area contributed by atoms with Crippen molar-refractivity contribution in [1.82, 2.24) is 10.6 Å². The van der Waals surface area contributed by atoms with E-state index < -0.39 is 0 Å². The number of methoxy groups -OCH3 is 2. The predicted molar refractivity (Wildman–Crippen MR) is 98.7 cm³/mol. The molecule has 0 spiro atoms. The molecule has 0 amide bonds. The van der Waals surface area contributed by atoms with Crippen molar-refractivity contribution in [2.45, 2.75) is 39.7 Å². The molecule has 2 rings (SSSR count). The average Bonchev–Trinajstić information content (AvgIpc) is 3.36. The molecular weight excluding hydrogens is 302 g/mol. The van der Waals surface area contributed by atoms with Crippen LogP contribution in [-0.2, 0) is 11.3 Å². The minimum Gasteiger partial charge on any atom is -0.496 e. The van der Waals surface area contributed by atoms with Crippen molar-refractivity contribution in [2.24, 2.45) is 10.4 Å². The third-order valence-corrected chi connectivity index (χ3v) is 4.62. The maximum Gasteiger partial charge on any atom is 0.191 e. The SMILES string of the molecule is CCNC(=NCc1ccc(C)cc1OC)NCC1(CCOC)CC1. The largest absolute Gasteiger partial charge is 0.496 e. The summed E-state index contributed by atoms with van der Waals surface area (Å²) in [6, 6.07) is 6.23. The van der Waals surface area contributed by atoms with Gasteiger partial charge >= 0.3 is 0 Å². The van der Waals surface area contributed by atoms with E-state index in [0.29, 0.717) is 12.0 Å². The summed E-state index contributed by atoms with van der Waals surface area (Å²) >= 11 is 0. The van der Waals surface area contributed by atoms with Gasteiger partial charge in [0.05, 0.1) is 13.7 Å². The van der Waals surface area contributed by atoms with Crippen LogP contribution in [0.4, 0.5) is 0 Å². The fourth-order valence-corrected chi connectivity index (χ4v) is 2.77. The average molecular weight is 333 g/mol. The Balaban J connectivity index is 1.96. The van der Waals surface area contributed by atoms with Crippen LogP contribution in [0.1, 0.15) is 37.3 Å². The Hall–Kier alpha value is -1.75. The number of aliphatic imine (C=N–C) groups is 1. The highest BCUT2D eigenvalue weighted by Crippen LogP contribution is 2.48. The number of rotatable bonds is 9. The molecule has 0 heterocycles. The van der Waals surface area contributed by atoms with Crippen molar-refractivity contribution < 1.29 is 9.47 Å².